The van der Waals surface area contributed by atoms with Crippen molar-refractivity contribution in [1.82, 2.24) is 19.9 Å². The summed E-state index contributed by atoms with van der Waals surface area (Å²) in [5, 5.41) is 3.33. The number of halogens is 1. The summed E-state index contributed by atoms with van der Waals surface area (Å²) in [4.78, 5) is 10.0. The van der Waals surface area contributed by atoms with Gasteiger partial charge in [-0.1, -0.05) is 6.07 Å². The topological polar surface area (TPSA) is 61.2 Å². The second-order valence-electron chi connectivity index (χ2n) is 6.97. The molecule has 0 aliphatic carbocycles. The molecular weight excluding hydrogens is 403 g/mol. The zero-order chi connectivity index (χ0) is 21.1. The molecule has 0 saturated heterocycles. The van der Waals surface area contributed by atoms with Crippen molar-refractivity contribution in [2.24, 2.45) is 7.05 Å². The first kappa shape index (κ1) is 20.5. The van der Waals surface area contributed by atoms with Crippen molar-refractivity contribution in [3.63, 3.8) is 0 Å². The van der Waals surface area contributed by atoms with Crippen molar-refractivity contribution < 1.29 is 13.9 Å². The fourth-order valence-corrected chi connectivity index (χ4v) is 4.24. The smallest absolute Gasteiger partial charge is 0.165 e. The van der Waals surface area contributed by atoms with E-state index in [0.717, 1.165) is 38.7 Å². The highest BCUT2D eigenvalue weighted by Gasteiger charge is 2.16. The number of rotatable bonds is 8. The number of hydrogen-bond acceptors (Lipinski definition) is 6. The minimum atomic E-state index is -0.383. The molecule has 4 aromatic rings. The first-order valence-electron chi connectivity index (χ1n) is 9.60. The first-order valence-corrected chi connectivity index (χ1v) is 10.4. The van der Waals surface area contributed by atoms with Crippen LogP contribution in [0.15, 0.2) is 42.7 Å². The Morgan fingerprint density at radius 1 is 1.17 bits per heavy atom. The molecule has 0 spiro atoms. The molecule has 1 aromatic carbocycles. The van der Waals surface area contributed by atoms with Crippen LogP contribution in [0.2, 0.25) is 0 Å². The Kier molecular flexibility index (Phi) is 6.08. The molecule has 1 N–H and O–H groups in total. The van der Waals surface area contributed by atoms with Gasteiger partial charge in [-0.3, -0.25) is 4.98 Å². The maximum Gasteiger partial charge on any atom is 0.165 e. The van der Waals surface area contributed by atoms with E-state index in [-0.39, 0.29) is 11.6 Å². The lowest BCUT2D eigenvalue weighted by atomic mass is 10.2. The Morgan fingerprint density at radius 2 is 2.03 bits per heavy atom. The fraction of sp³-hybridized carbons (Fsp3) is 0.273. The van der Waals surface area contributed by atoms with Gasteiger partial charge in [-0.2, -0.15) is 0 Å². The molecule has 8 heteroatoms. The summed E-state index contributed by atoms with van der Waals surface area (Å²) in [7, 11) is 3.68. The number of aryl methyl sites for hydroxylation is 1. The van der Waals surface area contributed by atoms with Crippen molar-refractivity contribution in [1.29, 1.82) is 0 Å². The summed E-state index contributed by atoms with van der Waals surface area (Å²) in [6.45, 7) is 3.99. The summed E-state index contributed by atoms with van der Waals surface area (Å²) in [5.41, 5.74) is 2.72. The summed E-state index contributed by atoms with van der Waals surface area (Å²) in [5.74, 6) is 1.25. The molecule has 0 saturated carbocycles. The van der Waals surface area contributed by atoms with E-state index in [0.29, 0.717) is 18.9 Å². The molecule has 0 aliphatic heterocycles. The van der Waals surface area contributed by atoms with E-state index < -0.39 is 0 Å². The van der Waals surface area contributed by atoms with E-state index in [2.05, 4.69) is 19.9 Å². The molecular formula is C22H23FN4O2S. The molecule has 0 atom stereocenters. The van der Waals surface area contributed by atoms with Crippen LogP contribution < -0.4 is 10.1 Å². The standard InChI is InChI=1S/C22H23FN4O2S/c1-14-4-5-18(16(23)10-14)29-19-6-7-25-17-11-20(30-21(17)19)22-26-13-15(27(22)2)12-24-8-9-28-3/h4-7,10-11,13,24H,8-9,12H2,1-3H3. The zero-order valence-electron chi connectivity index (χ0n) is 17.1. The van der Waals surface area contributed by atoms with Crippen LogP contribution >= 0.6 is 11.3 Å². The van der Waals surface area contributed by atoms with Gasteiger partial charge in [-0.05, 0) is 30.7 Å². The van der Waals surface area contributed by atoms with Gasteiger partial charge in [-0.25, -0.2) is 9.37 Å². The lowest BCUT2D eigenvalue weighted by molar-refractivity contribution is 0.199. The molecule has 0 aliphatic rings. The molecule has 0 unspecified atom stereocenters. The molecule has 6 nitrogen and oxygen atoms in total. The van der Waals surface area contributed by atoms with Gasteiger partial charge in [0.2, 0.25) is 0 Å². The Hall–Kier alpha value is -2.81. The van der Waals surface area contributed by atoms with Gasteiger partial charge in [0, 0.05) is 39.5 Å². The third kappa shape index (κ3) is 4.21. The van der Waals surface area contributed by atoms with Crippen LogP contribution in [-0.2, 0) is 18.3 Å². The molecule has 3 heterocycles. The number of thiophene rings is 1. The Morgan fingerprint density at radius 3 is 2.83 bits per heavy atom. The van der Waals surface area contributed by atoms with Crippen LogP contribution in [0.5, 0.6) is 11.5 Å². The molecule has 4 rings (SSSR count). The summed E-state index contributed by atoms with van der Waals surface area (Å²) in [6.07, 6.45) is 3.54. The monoisotopic (exact) mass is 426 g/mol. The second kappa shape index (κ2) is 8.91. The molecule has 156 valence electrons. The highest BCUT2D eigenvalue weighted by Crippen LogP contribution is 2.39. The number of nitrogens with one attached hydrogen (secondary N) is 1. The van der Waals surface area contributed by atoms with Crippen molar-refractivity contribution >= 4 is 21.6 Å². The molecule has 0 bridgehead atoms. The number of nitrogens with zero attached hydrogens (tertiary/aromatic N) is 3. The van der Waals surface area contributed by atoms with Crippen molar-refractivity contribution in [3.05, 3.63) is 59.8 Å². The third-order valence-electron chi connectivity index (χ3n) is 4.78. The highest BCUT2D eigenvalue weighted by molar-refractivity contribution is 7.22. The number of imidazole rings is 1. The number of aromatic nitrogens is 3. The minimum absolute atomic E-state index is 0.199. The van der Waals surface area contributed by atoms with Crippen LogP contribution in [0.1, 0.15) is 11.3 Å². The van der Waals surface area contributed by atoms with Gasteiger partial charge in [0.25, 0.3) is 0 Å². The fourth-order valence-electron chi connectivity index (χ4n) is 3.14. The lowest BCUT2D eigenvalue weighted by Gasteiger charge is -2.08. The molecule has 30 heavy (non-hydrogen) atoms. The zero-order valence-corrected chi connectivity index (χ0v) is 17.9. The van der Waals surface area contributed by atoms with E-state index in [1.807, 2.05) is 32.3 Å². The van der Waals surface area contributed by atoms with Crippen LogP contribution in [0.4, 0.5) is 4.39 Å². The predicted octanol–water partition coefficient (Wildman–Crippen LogP) is 4.67. The number of pyridine rings is 1. The van der Waals surface area contributed by atoms with Gasteiger partial charge in [0.05, 0.1) is 33.6 Å². The van der Waals surface area contributed by atoms with E-state index in [4.69, 9.17) is 9.47 Å². The molecule has 0 amide bonds. The summed E-state index contributed by atoms with van der Waals surface area (Å²) >= 11 is 1.53. The predicted molar refractivity (Wildman–Crippen MR) is 117 cm³/mol. The number of hydrogen-bond donors (Lipinski definition) is 1. The number of benzene rings is 1. The Balaban J connectivity index is 1.61. The quantitative estimate of drug-likeness (QED) is 0.415. The maximum atomic E-state index is 14.2. The highest BCUT2D eigenvalue weighted by atomic mass is 32.1. The summed E-state index contributed by atoms with van der Waals surface area (Å²) < 4.78 is 28.1. The Bertz CT molecular complexity index is 1170. The van der Waals surface area contributed by atoms with Crippen molar-refractivity contribution in [2.75, 3.05) is 20.3 Å². The van der Waals surface area contributed by atoms with Gasteiger partial charge in [-0.15, -0.1) is 11.3 Å². The largest absolute Gasteiger partial charge is 0.453 e. The minimum Gasteiger partial charge on any atom is -0.453 e. The number of ether oxygens (including phenoxy) is 2. The van der Waals surface area contributed by atoms with E-state index in [9.17, 15) is 4.39 Å². The lowest BCUT2D eigenvalue weighted by Crippen LogP contribution is -2.20. The van der Waals surface area contributed by atoms with Crippen LogP contribution in [-0.4, -0.2) is 34.8 Å². The van der Waals surface area contributed by atoms with Gasteiger partial charge >= 0.3 is 0 Å². The van der Waals surface area contributed by atoms with E-state index in [1.54, 1.807) is 25.4 Å². The average molecular weight is 427 g/mol. The maximum absolute atomic E-state index is 14.2. The molecule has 0 radical (unpaired) electrons. The first-order chi connectivity index (χ1) is 14.6. The molecule has 3 aromatic heterocycles. The molecule has 0 fully saturated rings. The normalized spacial score (nSPS) is 11.3. The van der Waals surface area contributed by atoms with E-state index >= 15 is 0 Å². The van der Waals surface area contributed by atoms with Crippen LogP contribution in [0.25, 0.3) is 20.9 Å². The third-order valence-corrected chi connectivity index (χ3v) is 5.91. The van der Waals surface area contributed by atoms with Crippen LogP contribution in [0, 0.1) is 12.7 Å². The van der Waals surface area contributed by atoms with E-state index in [1.165, 1.54) is 17.4 Å². The van der Waals surface area contributed by atoms with Crippen molar-refractivity contribution in [2.45, 2.75) is 13.5 Å². The SMILES string of the molecule is COCCNCc1cnc(-c2cc3nccc(Oc4ccc(C)cc4F)c3s2)n1C. The second-order valence-corrected chi connectivity index (χ2v) is 8.02. The van der Waals surface area contributed by atoms with Gasteiger partial charge in [0.1, 0.15) is 11.6 Å². The van der Waals surface area contributed by atoms with Gasteiger partial charge < -0.3 is 19.4 Å². The number of fused-ring (bicyclic) bond motifs is 1. The average Bonchev–Trinajstić information content (AvgIpc) is 3.31. The van der Waals surface area contributed by atoms with Crippen molar-refractivity contribution in [3.8, 4) is 22.2 Å². The van der Waals surface area contributed by atoms with Gasteiger partial charge in [0.15, 0.2) is 11.6 Å². The summed E-state index contributed by atoms with van der Waals surface area (Å²) in [6, 6.07) is 8.68. The Labute approximate surface area is 178 Å². The van der Waals surface area contributed by atoms with Crippen LogP contribution in [0.3, 0.4) is 0 Å². The number of methoxy groups -OCH3 is 1.